The van der Waals surface area contributed by atoms with Crippen molar-refractivity contribution in [2.24, 2.45) is 11.7 Å². The van der Waals surface area contributed by atoms with Crippen molar-refractivity contribution in [3.05, 3.63) is 69.1 Å². The minimum atomic E-state index is -0.464. The highest BCUT2D eigenvalue weighted by atomic mass is 79.9. The average molecular weight is 523 g/mol. The van der Waals surface area contributed by atoms with Crippen LogP contribution in [0.2, 0.25) is 0 Å². The maximum atomic E-state index is 12.8. The number of hydrogen-bond donors (Lipinski definition) is 1. The third-order valence-electron chi connectivity index (χ3n) is 6.35. The molecular weight excluding hydrogens is 500 g/mol. The van der Waals surface area contributed by atoms with Gasteiger partial charge < -0.3 is 10.3 Å². The smallest absolute Gasteiger partial charge is 0.248 e. The van der Waals surface area contributed by atoms with Crippen LogP contribution in [0.3, 0.4) is 0 Å². The summed E-state index contributed by atoms with van der Waals surface area (Å²) in [6, 6.07) is 13.4. The van der Waals surface area contributed by atoms with E-state index in [4.69, 9.17) is 10.7 Å². The molecule has 4 aromatic rings. The molecule has 3 aromatic heterocycles. The Hall–Kier alpha value is -2.84. The fourth-order valence-corrected chi connectivity index (χ4v) is 6.17. The highest BCUT2D eigenvalue weighted by molar-refractivity contribution is 9.11. The predicted molar refractivity (Wildman–Crippen MR) is 133 cm³/mol. The lowest BCUT2D eigenvalue weighted by atomic mass is 9.82. The molecule has 168 valence electrons. The average Bonchev–Trinajstić information content (AvgIpc) is 3.43. The van der Waals surface area contributed by atoms with E-state index in [0.29, 0.717) is 17.9 Å². The normalized spacial score (nSPS) is 18.5. The Balaban J connectivity index is 1.49. The number of aromatic nitrogens is 3. The molecule has 2 unspecified atom stereocenters. The number of imidazole rings is 1. The van der Waals surface area contributed by atoms with E-state index in [0.717, 1.165) is 56.8 Å². The van der Waals surface area contributed by atoms with Crippen LogP contribution >= 0.6 is 27.3 Å². The van der Waals surface area contributed by atoms with Gasteiger partial charge in [0, 0.05) is 36.0 Å². The molecule has 0 aliphatic heterocycles. The first-order valence-corrected chi connectivity index (χ1v) is 12.6. The maximum Gasteiger partial charge on any atom is 0.248 e. The number of nitrogens with zero attached hydrogens (tertiary/aromatic N) is 3. The van der Waals surface area contributed by atoms with Gasteiger partial charge in [-0.2, -0.15) is 0 Å². The molecule has 6 nitrogen and oxygen atoms in total. The number of pyridine rings is 1. The maximum absolute atomic E-state index is 12.8. The van der Waals surface area contributed by atoms with E-state index < -0.39 is 5.91 Å². The van der Waals surface area contributed by atoms with Crippen molar-refractivity contribution in [1.82, 2.24) is 14.5 Å². The number of rotatable bonds is 6. The van der Waals surface area contributed by atoms with Gasteiger partial charge in [-0.25, -0.2) is 4.98 Å². The molecule has 1 saturated carbocycles. The Kier molecular flexibility index (Phi) is 6.12. The second-order valence-corrected chi connectivity index (χ2v) is 11.0. The van der Waals surface area contributed by atoms with Crippen molar-refractivity contribution in [3.63, 3.8) is 0 Å². The van der Waals surface area contributed by atoms with Crippen molar-refractivity contribution in [2.45, 2.75) is 38.1 Å². The highest BCUT2D eigenvalue weighted by Gasteiger charge is 2.29. The monoisotopic (exact) mass is 522 g/mol. The van der Waals surface area contributed by atoms with E-state index in [1.165, 1.54) is 11.3 Å². The molecule has 1 amide bonds. The van der Waals surface area contributed by atoms with Crippen molar-refractivity contribution in [2.75, 3.05) is 0 Å². The Morgan fingerprint density at radius 1 is 1.12 bits per heavy atom. The van der Waals surface area contributed by atoms with E-state index in [9.17, 15) is 9.59 Å². The molecule has 0 radical (unpaired) electrons. The summed E-state index contributed by atoms with van der Waals surface area (Å²) in [6.45, 7) is 0. The van der Waals surface area contributed by atoms with Gasteiger partial charge in [0.1, 0.15) is 5.82 Å². The van der Waals surface area contributed by atoms with Crippen LogP contribution in [0, 0.1) is 5.92 Å². The number of primary amides is 1. The summed E-state index contributed by atoms with van der Waals surface area (Å²) in [4.78, 5) is 34.4. The molecule has 1 aromatic carbocycles. The van der Waals surface area contributed by atoms with Crippen LogP contribution in [0.15, 0.2) is 58.6 Å². The zero-order valence-electron chi connectivity index (χ0n) is 17.9. The van der Waals surface area contributed by atoms with Crippen molar-refractivity contribution >= 4 is 50.0 Å². The fourth-order valence-electron chi connectivity index (χ4n) is 4.84. The molecule has 1 fully saturated rings. The van der Waals surface area contributed by atoms with Gasteiger partial charge in [0.05, 0.1) is 19.7 Å². The number of halogens is 1. The molecule has 1 aliphatic carbocycles. The van der Waals surface area contributed by atoms with E-state index in [2.05, 4.69) is 25.5 Å². The quantitative estimate of drug-likeness (QED) is 0.313. The summed E-state index contributed by atoms with van der Waals surface area (Å²) >= 11 is 4.95. The van der Waals surface area contributed by atoms with Gasteiger partial charge in [-0.1, -0.05) is 6.42 Å². The molecular formula is C25H23BrN4O2S. The first kappa shape index (κ1) is 22.0. The third-order valence-corrected chi connectivity index (χ3v) is 8.02. The van der Waals surface area contributed by atoms with Gasteiger partial charge in [0.25, 0.3) is 0 Å². The van der Waals surface area contributed by atoms with Gasteiger partial charge >= 0.3 is 0 Å². The third kappa shape index (κ3) is 4.50. The number of thiophene rings is 1. The van der Waals surface area contributed by atoms with E-state index in [1.54, 1.807) is 24.5 Å². The molecule has 33 heavy (non-hydrogen) atoms. The van der Waals surface area contributed by atoms with Crippen LogP contribution in [0.25, 0.3) is 22.4 Å². The summed E-state index contributed by atoms with van der Waals surface area (Å²) in [5.41, 5.74) is 8.65. The number of carbonyl (C=O) groups is 2. The number of benzene rings is 1. The van der Waals surface area contributed by atoms with Crippen LogP contribution in [0.1, 0.15) is 58.2 Å². The van der Waals surface area contributed by atoms with Crippen LogP contribution < -0.4 is 5.73 Å². The minimum absolute atomic E-state index is 0.215. The number of nitrogens with two attached hydrogens (primary N) is 1. The lowest BCUT2D eigenvalue weighted by molar-refractivity contribution is 0.0944. The Morgan fingerprint density at radius 3 is 2.67 bits per heavy atom. The Bertz CT molecular complexity index is 1330. The van der Waals surface area contributed by atoms with E-state index >= 15 is 0 Å². The summed E-state index contributed by atoms with van der Waals surface area (Å²) < 4.78 is 3.27. The molecule has 0 spiro atoms. The van der Waals surface area contributed by atoms with Gasteiger partial charge in [0.15, 0.2) is 5.78 Å². The van der Waals surface area contributed by atoms with Gasteiger partial charge in [-0.15, -0.1) is 11.3 Å². The summed E-state index contributed by atoms with van der Waals surface area (Å²) in [5.74, 6) is 0.929. The van der Waals surface area contributed by atoms with Gasteiger partial charge in [-0.05, 0) is 83.6 Å². The molecule has 2 N–H and O–H groups in total. The van der Waals surface area contributed by atoms with Crippen LogP contribution in [-0.2, 0) is 0 Å². The minimum Gasteiger partial charge on any atom is -0.366 e. The van der Waals surface area contributed by atoms with Crippen LogP contribution in [-0.4, -0.2) is 26.2 Å². The van der Waals surface area contributed by atoms with Gasteiger partial charge in [-0.3, -0.25) is 14.6 Å². The zero-order chi connectivity index (χ0) is 22.9. The predicted octanol–water partition coefficient (Wildman–Crippen LogP) is 6.03. The van der Waals surface area contributed by atoms with E-state index in [-0.39, 0.29) is 11.8 Å². The van der Waals surface area contributed by atoms with Crippen LogP contribution in [0.4, 0.5) is 0 Å². The SMILES string of the molecule is NC(=O)c1ccc2c(c1)nc(-c1ccncc1)n2C1CCCC(CC(=O)c2ccc(Br)s2)C1. The molecule has 2 atom stereocenters. The first-order valence-electron chi connectivity index (χ1n) is 11.0. The van der Waals surface area contributed by atoms with Crippen molar-refractivity contribution < 1.29 is 9.59 Å². The second-order valence-electron chi connectivity index (χ2n) is 8.53. The molecule has 5 rings (SSSR count). The van der Waals surface area contributed by atoms with Gasteiger partial charge in [0.2, 0.25) is 5.91 Å². The summed E-state index contributed by atoms with van der Waals surface area (Å²) in [7, 11) is 0. The number of fused-ring (bicyclic) bond motifs is 1. The molecule has 1 aliphatic rings. The van der Waals surface area contributed by atoms with E-state index in [1.807, 2.05) is 30.3 Å². The topological polar surface area (TPSA) is 90.9 Å². The number of Topliss-reactive ketones (excluding diaryl/α,β-unsaturated/α-hetero) is 1. The number of hydrogen-bond acceptors (Lipinski definition) is 5. The number of carbonyl (C=O) groups excluding carboxylic acids is 2. The lowest BCUT2D eigenvalue weighted by Crippen LogP contribution is -2.22. The Labute approximate surface area is 204 Å². The first-order chi connectivity index (χ1) is 16.0. The lowest BCUT2D eigenvalue weighted by Gasteiger charge is -2.31. The van der Waals surface area contributed by atoms with Crippen molar-refractivity contribution in [1.29, 1.82) is 0 Å². The van der Waals surface area contributed by atoms with Crippen LogP contribution in [0.5, 0.6) is 0 Å². The molecule has 8 heteroatoms. The Morgan fingerprint density at radius 2 is 1.94 bits per heavy atom. The second kappa shape index (κ2) is 9.19. The molecule has 0 saturated heterocycles. The summed E-state index contributed by atoms with van der Waals surface area (Å²) in [5, 5.41) is 0. The summed E-state index contributed by atoms with van der Waals surface area (Å²) in [6.07, 6.45) is 8.14. The standard InChI is InChI=1S/C25H23BrN4O2S/c26-23-7-6-22(33-23)21(31)13-15-2-1-3-18(12-15)30-20-5-4-17(24(27)32)14-19(20)29-25(30)16-8-10-28-11-9-16/h4-11,14-15,18H,1-3,12-13H2,(H2,27,32). The molecule has 0 bridgehead atoms. The number of amides is 1. The van der Waals surface area contributed by atoms with Crippen molar-refractivity contribution in [3.8, 4) is 11.4 Å². The largest absolute Gasteiger partial charge is 0.366 e. The highest BCUT2D eigenvalue weighted by Crippen LogP contribution is 2.40. The zero-order valence-corrected chi connectivity index (χ0v) is 20.3. The molecule has 3 heterocycles. The fraction of sp³-hybridized carbons (Fsp3) is 0.280. The number of ketones is 1.